The molecule has 0 aliphatic heterocycles. The van der Waals surface area contributed by atoms with E-state index in [1.54, 1.807) is 36.4 Å². The van der Waals surface area contributed by atoms with E-state index in [1.165, 1.54) is 69.8 Å². The van der Waals surface area contributed by atoms with Crippen molar-refractivity contribution in [2.24, 2.45) is 0 Å². The van der Waals surface area contributed by atoms with Crippen LogP contribution in [0.1, 0.15) is 37.6 Å². The van der Waals surface area contributed by atoms with Crippen molar-refractivity contribution in [1.29, 1.82) is 0 Å². The molecule has 6 aromatic rings. The molecule has 0 heterocycles. The van der Waals surface area contributed by atoms with E-state index >= 15 is 0 Å². The molecule has 3 nitrogen and oxygen atoms in total. The standard InChI is InChI=1S/C18H18.C9H7.3C6H6O.Ti/c1-15-7-11-17(12-8-15)5-3-4-6-18-13-9-16(2)10-14-18;1-2-5-9-7-3-6-8(9)4-1;3*7-6-4-2-1-3-5-6;/h3-14H,1-2H3;1-7H;3*1-5,7H;/q;;;;;+3/p-3. The average molecular weight is 677 g/mol. The van der Waals surface area contributed by atoms with Crippen LogP contribution in [0.4, 0.5) is 0 Å². The topological polar surface area (TPSA) is 69.2 Å². The minimum absolute atomic E-state index is 0.0718. The van der Waals surface area contributed by atoms with Crippen LogP contribution in [0, 0.1) is 13.8 Å². The van der Waals surface area contributed by atoms with Gasteiger partial charge in [0.15, 0.2) is 0 Å². The molecule has 0 bridgehead atoms. The molecule has 6 aromatic carbocycles. The first-order valence-corrected chi connectivity index (χ1v) is 16.8. The molecule has 1 aliphatic carbocycles. The summed E-state index contributed by atoms with van der Waals surface area (Å²) in [5.74, 6) is 0.215. The van der Waals surface area contributed by atoms with Crippen molar-refractivity contribution in [2.75, 3.05) is 0 Å². The van der Waals surface area contributed by atoms with Crippen LogP contribution in [0.5, 0.6) is 17.2 Å². The van der Waals surface area contributed by atoms with Crippen molar-refractivity contribution in [1.82, 2.24) is 0 Å². The molecular weight excluding hydrogens is 636 g/mol. The van der Waals surface area contributed by atoms with Gasteiger partial charge in [0.2, 0.25) is 0 Å². The van der Waals surface area contributed by atoms with Gasteiger partial charge in [-0.15, -0.1) is 17.2 Å². The molecular formula is C45H40O3Ti. The monoisotopic (exact) mass is 676 g/mol. The van der Waals surface area contributed by atoms with Crippen molar-refractivity contribution >= 4 is 18.2 Å². The Morgan fingerprint density at radius 1 is 0.449 bits per heavy atom. The second kappa shape index (κ2) is 22.3. The van der Waals surface area contributed by atoms with E-state index in [0.717, 1.165) is 0 Å². The molecule has 1 unspecified atom stereocenters. The van der Waals surface area contributed by atoms with Crippen LogP contribution in [-0.4, -0.2) is 0 Å². The number of fused-ring (bicyclic) bond motifs is 1. The Morgan fingerprint density at radius 2 is 0.796 bits per heavy atom. The van der Waals surface area contributed by atoms with Crippen LogP contribution < -0.4 is 15.3 Å². The fourth-order valence-electron chi connectivity index (χ4n) is 4.20. The Balaban J connectivity index is 0.000000178. The van der Waals surface area contributed by atoms with E-state index in [2.05, 4.69) is 144 Å². The first-order valence-electron chi connectivity index (χ1n) is 15.9. The van der Waals surface area contributed by atoms with Gasteiger partial charge >= 0.3 is 72.2 Å². The molecule has 7 rings (SSSR count). The van der Waals surface area contributed by atoms with Crippen molar-refractivity contribution < 1.29 is 35.8 Å². The second-order valence-corrected chi connectivity index (χ2v) is 11.9. The summed E-state index contributed by atoms with van der Waals surface area (Å²) in [7, 11) is 0. The number of para-hydroxylation sites is 3. The van der Waals surface area contributed by atoms with Gasteiger partial charge in [0.25, 0.3) is 0 Å². The zero-order valence-corrected chi connectivity index (χ0v) is 29.4. The predicted molar refractivity (Wildman–Crippen MR) is 196 cm³/mol. The van der Waals surface area contributed by atoms with E-state index in [9.17, 15) is 15.3 Å². The Labute approximate surface area is 303 Å². The van der Waals surface area contributed by atoms with Crippen LogP contribution >= 0.6 is 0 Å². The molecule has 242 valence electrons. The maximum absolute atomic E-state index is 10.3. The fraction of sp³-hybridized carbons (Fsp3) is 0.0667. The summed E-state index contributed by atoms with van der Waals surface area (Å²) in [4.78, 5) is 0. The van der Waals surface area contributed by atoms with Gasteiger partial charge in [-0.05, 0) is 25.0 Å². The van der Waals surface area contributed by atoms with Gasteiger partial charge < -0.3 is 15.3 Å². The first-order chi connectivity index (χ1) is 23.8. The summed E-state index contributed by atoms with van der Waals surface area (Å²) in [6.07, 6.45) is 12.8. The third-order valence-electron chi connectivity index (χ3n) is 6.87. The van der Waals surface area contributed by atoms with Gasteiger partial charge in [0.1, 0.15) is 0 Å². The number of aryl methyl sites for hydroxylation is 2. The summed E-state index contributed by atoms with van der Waals surface area (Å²) >= 11 is 2.22. The third kappa shape index (κ3) is 16.4. The Kier molecular flexibility index (Phi) is 17.3. The Bertz CT molecular complexity index is 1690. The molecule has 0 fully saturated rings. The van der Waals surface area contributed by atoms with Crippen molar-refractivity contribution in [3.05, 3.63) is 215 Å². The molecule has 0 radical (unpaired) electrons. The number of hydrogen-bond donors (Lipinski definition) is 0. The summed E-state index contributed by atoms with van der Waals surface area (Å²) < 4.78 is 0.621. The van der Waals surface area contributed by atoms with Gasteiger partial charge in [0, 0.05) is 0 Å². The summed E-state index contributed by atoms with van der Waals surface area (Å²) in [6.45, 7) is 4.20. The minimum atomic E-state index is 0.0718. The summed E-state index contributed by atoms with van der Waals surface area (Å²) in [5.41, 5.74) is 7.89. The normalized spacial score (nSPS) is 12.2. The molecule has 0 saturated carbocycles. The number of hydrogen-bond acceptors (Lipinski definition) is 3. The second-order valence-electron chi connectivity index (χ2n) is 10.9. The van der Waals surface area contributed by atoms with Gasteiger partial charge in [0.05, 0.1) is 0 Å². The van der Waals surface area contributed by atoms with E-state index in [0.29, 0.717) is 4.22 Å². The molecule has 0 saturated heterocycles. The maximum atomic E-state index is 10.3. The molecule has 0 aromatic heterocycles. The van der Waals surface area contributed by atoms with E-state index in [1.807, 2.05) is 18.2 Å². The number of rotatable bonds is 3. The molecule has 0 spiro atoms. The Hall–Kier alpha value is -5.35. The summed E-state index contributed by atoms with van der Waals surface area (Å²) in [6, 6.07) is 50.6. The zero-order chi connectivity index (χ0) is 35.1. The van der Waals surface area contributed by atoms with Crippen LogP contribution in [-0.2, 0) is 20.4 Å². The van der Waals surface area contributed by atoms with Crippen LogP contribution in [0.15, 0.2) is 182 Å². The Morgan fingerprint density at radius 3 is 1.12 bits per heavy atom. The van der Waals surface area contributed by atoms with E-state index in [4.69, 9.17) is 0 Å². The quantitative estimate of drug-likeness (QED) is 0.139. The molecule has 0 N–H and O–H groups in total. The molecule has 4 heteroatoms. The van der Waals surface area contributed by atoms with E-state index in [-0.39, 0.29) is 17.2 Å². The SMILES string of the molecule is Cc1ccc(C=CC=Cc2ccc(C)cc2)cc1.[O-]c1ccccc1.[O-]c1ccccc1.[O-]c1ccccc1.[Ti+3][CH]1C=Cc2ccccc21. The number of allylic oxidation sites excluding steroid dienone is 3. The van der Waals surface area contributed by atoms with Gasteiger partial charge in [-0.25, -0.2) is 0 Å². The molecule has 1 aliphatic rings. The zero-order valence-electron chi connectivity index (χ0n) is 27.9. The predicted octanol–water partition coefficient (Wildman–Crippen LogP) is 9.61. The molecule has 0 amide bonds. The van der Waals surface area contributed by atoms with Crippen LogP contribution in [0.3, 0.4) is 0 Å². The third-order valence-corrected chi connectivity index (χ3v) is 7.66. The molecule has 1 atom stereocenters. The van der Waals surface area contributed by atoms with Crippen molar-refractivity contribution in [3.8, 4) is 17.2 Å². The van der Waals surface area contributed by atoms with Gasteiger partial charge in [-0.3, -0.25) is 0 Å². The fourth-order valence-corrected chi connectivity index (χ4v) is 4.76. The molecule has 49 heavy (non-hydrogen) atoms. The van der Waals surface area contributed by atoms with Crippen LogP contribution in [0.25, 0.3) is 18.2 Å². The van der Waals surface area contributed by atoms with E-state index < -0.39 is 0 Å². The van der Waals surface area contributed by atoms with Crippen molar-refractivity contribution in [2.45, 2.75) is 18.1 Å². The van der Waals surface area contributed by atoms with Gasteiger partial charge in [-0.1, -0.05) is 175 Å². The van der Waals surface area contributed by atoms with Crippen molar-refractivity contribution in [3.63, 3.8) is 0 Å². The number of benzene rings is 6. The van der Waals surface area contributed by atoms with Gasteiger partial charge in [-0.2, -0.15) is 0 Å². The average Bonchev–Trinajstić information content (AvgIpc) is 3.51. The van der Waals surface area contributed by atoms with Crippen LogP contribution in [0.2, 0.25) is 0 Å². The first kappa shape index (κ1) is 38.1. The summed E-state index contributed by atoms with van der Waals surface area (Å²) in [5, 5.41) is 30.8.